The molecule has 3 nitrogen and oxygen atoms in total. The maximum absolute atomic E-state index is 13.3. The Morgan fingerprint density at radius 1 is 1.20 bits per heavy atom. The van der Waals surface area contributed by atoms with Crippen LogP contribution in [0.5, 0.6) is 5.75 Å². The van der Waals surface area contributed by atoms with E-state index in [2.05, 4.69) is 22.3 Å². The summed E-state index contributed by atoms with van der Waals surface area (Å²) in [6, 6.07) is 12.3. The van der Waals surface area contributed by atoms with Crippen molar-refractivity contribution in [1.29, 1.82) is 0 Å². The van der Waals surface area contributed by atoms with Crippen LogP contribution in [-0.4, -0.2) is 18.2 Å². The lowest BCUT2D eigenvalue weighted by molar-refractivity contribution is 0.464. The van der Waals surface area contributed by atoms with Crippen molar-refractivity contribution in [1.82, 2.24) is 5.32 Å². The molecule has 1 heterocycles. The van der Waals surface area contributed by atoms with Gasteiger partial charge in [-0.05, 0) is 29.8 Å². The summed E-state index contributed by atoms with van der Waals surface area (Å²) in [4.78, 5) is 2.17. The van der Waals surface area contributed by atoms with Crippen LogP contribution in [0, 0.1) is 5.82 Å². The van der Waals surface area contributed by atoms with Crippen LogP contribution in [0.25, 0.3) is 0 Å². The molecule has 20 heavy (non-hydrogen) atoms. The van der Waals surface area contributed by atoms with E-state index < -0.39 is 0 Å². The summed E-state index contributed by atoms with van der Waals surface area (Å²) in [5.41, 5.74) is 2.98. The molecule has 0 aliphatic carbocycles. The molecule has 0 saturated heterocycles. The maximum atomic E-state index is 13.3. The summed E-state index contributed by atoms with van der Waals surface area (Å²) in [6.45, 7) is 3.03. The predicted molar refractivity (Wildman–Crippen MR) is 77.3 cm³/mol. The lowest BCUT2D eigenvalue weighted by Crippen LogP contribution is -2.28. The Morgan fingerprint density at radius 3 is 2.95 bits per heavy atom. The average molecular weight is 272 g/mol. The van der Waals surface area contributed by atoms with Gasteiger partial charge in [0.15, 0.2) is 0 Å². The van der Waals surface area contributed by atoms with E-state index in [1.54, 1.807) is 0 Å². The SMILES string of the molecule is Oc1ccc(F)cc1CN1CCNCc2ccccc21. The highest BCUT2D eigenvalue weighted by molar-refractivity contribution is 5.55. The summed E-state index contributed by atoms with van der Waals surface area (Å²) < 4.78 is 13.3. The van der Waals surface area contributed by atoms with Crippen molar-refractivity contribution in [3.63, 3.8) is 0 Å². The third kappa shape index (κ3) is 2.60. The number of para-hydroxylation sites is 1. The summed E-state index contributed by atoms with van der Waals surface area (Å²) >= 11 is 0. The fourth-order valence-electron chi connectivity index (χ4n) is 2.58. The van der Waals surface area contributed by atoms with Crippen LogP contribution in [-0.2, 0) is 13.1 Å². The first-order valence-corrected chi connectivity index (χ1v) is 6.75. The molecule has 0 radical (unpaired) electrons. The molecule has 4 heteroatoms. The van der Waals surface area contributed by atoms with Gasteiger partial charge in [0.2, 0.25) is 0 Å². The molecule has 0 spiro atoms. The molecule has 2 aromatic carbocycles. The van der Waals surface area contributed by atoms with E-state index in [4.69, 9.17) is 0 Å². The summed E-state index contributed by atoms with van der Waals surface area (Å²) in [5, 5.41) is 13.2. The Kier molecular flexibility index (Phi) is 3.56. The summed E-state index contributed by atoms with van der Waals surface area (Å²) in [6.07, 6.45) is 0. The molecule has 0 saturated carbocycles. The van der Waals surface area contributed by atoms with Crippen molar-refractivity contribution in [3.8, 4) is 5.75 Å². The number of hydrogen-bond acceptors (Lipinski definition) is 3. The Bertz CT molecular complexity index is 615. The molecule has 0 unspecified atom stereocenters. The first-order valence-electron chi connectivity index (χ1n) is 6.75. The molecule has 0 atom stereocenters. The van der Waals surface area contributed by atoms with Gasteiger partial charge in [-0.1, -0.05) is 18.2 Å². The molecule has 1 aliphatic rings. The fourth-order valence-corrected chi connectivity index (χ4v) is 2.58. The number of rotatable bonds is 2. The van der Waals surface area contributed by atoms with Gasteiger partial charge in [-0.25, -0.2) is 4.39 Å². The Balaban J connectivity index is 1.92. The molecule has 1 aliphatic heterocycles. The summed E-state index contributed by atoms with van der Waals surface area (Å²) in [5.74, 6) is -0.180. The van der Waals surface area contributed by atoms with E-state index in [1.165, 1.54) is 23.8 Å². The summed E-state index contributed by atoms with van der Waals surface area (Å²) in [7, 11) is 0. The van der Waals surface area contributed by atoms with Crippen LogP contribution < -0.4 is 10.2 Å². The lowest BCUT2D eigenvalue weighted by Gasteiger charge is -2.25. The second-order valence-electron chi connectivity index (χ2n) is 5.00. The predicted octanol–water partition coefficient (Wildman–Crippen LogP) is 2.64. The third-order valence-corrected chi connectivity index (χ3v) is 3.61. The molecule has 0 aromatic heterocycles. The number of anilines is 1. The first-order chi connectivity index (χ1) is 9.74. The van der Waals surface area contributed by atoms with Crippen LogP contribution in [0.3, 0.4) is 0 Å². The van der Waals surface area contributed by atoms with Gasteiger partial charge in [0, 0.05) is 37.4 Å². The topological polar surface area (TPSA) is 35.5 Å². The number of nitrogens with one attached hydrogen (secondary N) is 1. The quantitative estimate of drug-likeness (QED) is 0.882. The molecule has 0 amide bonds. The number of fused-ring (bicyclic) bond motifs is 1. The largest absolute Gasteiger partial charge is 0.508 e. The van der Waals surface area contributed by atoms with Crippen molar-refractivity contribution < 1.29 is 9.50 Å². The van der Waals surface area contributed by atoms with Gasteiger partial charge < -0.3 is 15.3 Å². The highest BCUT2D eigenvalue weighted by Gasteiger charge is 2.16. The third-order valence-electron chi connectivity index (χ3n) is 3.61. The van der Waals surface area contributed by atoms with Crippen LogP contribution in [0.4, 0.5) is 10.1 Å². The van der Waals surface area contributed by atoms with E-state index in [9.17, 15) is 9.50 Å². The highest BCUT2D eigenvalue weighted by atomic mass is 19.1. The second-order valence-corrected chi connectivity index (χ2v) is 5.00. The van der Waals surface area contributed by atoms with Gasteiger partial charge >= 0.3 is 0 Å². The van der Waals surface area contributed by atoms with Gasteiger partial charge in [0.1, 0.15) is 11.6 Å². The zero-order chi connectivity index (χ0) is 13.9. The van der Waals surface area contributed by atoms with Crippen LogP contribution in [0.1, 0.15) is 11.1 Å². The molecule has 0 bridgehead atoms. The number of halogens is 1. The van der Waals surface area contributed by atoms with E-state index in [1.807, 2.05) is 12.1 Å². The van der Waals surface area contributed by atoms with Gasteiger partial charge in [0.05, 0.1) is 0 Å². The number of aromatic hydroxyl groups is 1. The monoisotopic (exact) mass is 272 g/mol. The van der Waals surface area contributed by atoms with Gasteiger partial charge in [-0.3, -0.25) is 0 Å². The Hall–Kier alpha value is -2.07. The minimum Gasteiger partial charge on any atom is -0.508 e. The van der Waals surface area contributed by atoms with Crippen molar-refractivity contribution >= 4 is 5.69 Å². The number of hydrogen-bond donors (Lipinski definition) is 2. The molecule has 2 N–H and O–H groups in total. The van der Waals surface area contributed by atoms with Crippen molar-refractivity contribution in [2.45, 2.75) is 13.1 Å². The number of nitrogens with zero attached hydrogens (tertiary/aromatic N) is 1. The van der Waals surface area contributed by atoms with Crippen molar-refractivity contribution in [2.75, 3.05) is 18.0 Å². The van der Waals surface area contributed by atoms with Crippen LogP contribution in [0.15, 0.2) is 42.5 Å². The first kappa shape index (κ1) is 12.9. The Morgan fingerprint density at radius 2 is 2.05 bits per heavy atom. The smallest absolute Gasteiger partial charge is 0.123 e. The molecular weight excluding hydrogens is 255 g/mol. The molecule has 3 rings (SSSR count). The maximum Gasteiger partial charge on any atom is 0.123 e. The van der Waals surface area contributed by atoms with Gasteiger partial charge in [-0.2, -0.15) is 0 Å². The lowest BCUT2D eigenvalue weighted by atomic mass is 10.1. The van der Waals surface area contributed by atoms with E-state index in [0.29, 0.717) is 12.1 Å². The van der Waals surface area contributed by atoms with Gasteiger partial charge in [-0.15, -0.1) is 0 Å². The number of benzene rings is 2. The van der Waals surface area contributed by atoms with Crippen LogP contribution in [0.2, 0.25) is 0 Å². The van der Waals surface area contributed by atoms with E-state index >= 15 is 0 Å². The highest BCUT2D eigenvalue weighted by Crippen LogP contribution is 2.26. The van der Waals surface area contributed by atoms with E-state index in [0.717, 1.165) is 25.3 Å². The minimum atomic E-state index is -0.320. The van der Waals surface area contributed by atoms with Gasteiger partial charge in [0.25, 0.3) is 0 Å². The van der Waals surface area contributed by atoms with Crippen molar-refractivity contribution in [2.24, 2.45) is 0 Å². The Labute approximate surface area is 117 Å². The van der Waals surface area contributed by atoms with E-state index in [-0.39, 0.29) is 11.6 Å². The van der Waals surface area contributed by atoms with Crippen molar-refractivity contribution in [3.05, 3.63) is 59.4 Å². The van der Waals surface area contributed by atoms with Crippen LogP contribution >= 0.6 is 0 Å². The molecule has 0 fully saturated rings. The molecular formula is C16H17FN2O. The standard InChI is InChI=1S/C16H17FN2O/c17-14-5-6-16(20)13(9-14)11-19-8-7-18-10-12-3-1-2-4-15(12)19/h1-6,9,18,20H,7-8,10-11H2. The molecule has 104 valence electrons. The minimum absolute atomic E-state index is 0.140. The second kappa shape index (κ2) is 5.51. The zero-order valence-electron chi connectivity index (χ0n) is 11.1. The zero-order valence-corrected chi connectivity index (χ0v) is 11.1. The normalized spacial score (nSPS) is 14.8. The fraction of sp³-hybridized carbons (Fsp3) is 0.250. The average Bonchev–Trinajstić information content (AvgIpc) is 2.66. The molecule has 2 aromatic rings. The number of phenolic OH excluding ortho intramolecular Hbond substituents is 1. The number of phenols is 1.